The van der Waals surface area contributed by atoms with Crippen LogP contribution in [0.5, 0.6) is 0 Å². The zero-order chi connectivity index (χ0) is 28.0. The van der Waals surface area contributed by atoms with Crippen molar-refractivity contribution in [3.05, 3.63) is 11.6 Å². The van der Waals surface area contributed by atoms with Gasteiger partial charge in [-0.25, -0.2) is 0 Å². The molecule has 3 saturated carbocycles. The van der Waals surface area contributed by atoms with Crippen LogP contribution in [0.1, 0.15) is 105 Å². The van der Waals surface area contributed by atoms with Gasteiger partial charge in [0, 0.05) is 19.5 Å². The van der Waals surface area contributed by atoms with Crippen LogP contribution in [-0.4, -0.2) is 42.6 Å². The Morgan fingerprint density at radius 2 is 1.87 bits per heavy atom. The molecule has 1 amide bonds. The number of nitrogens with two attached hydrogens (primary N) is 1. The molecule has 0 aromatic rings. The van der Waals surface area contributed by atoms with Gasteiger partial charge in [-0.15, -0.1) is 0 Å². The molecule has 0 aliphatic heterocycles. The van der Waals surface area contributed by atoms with E-state index in [2.05, 4.69) is 39.1 Å². The third-order valence-electron chi connectivity index (χ3n) is 11.1. The smallest absolute Gasteiger partial charge is 0.317 e. The maximum Gasteiger partial charge on any atom is 0.317 e. The molecule has 39 heavy (non-hydrogen) atoms. The molecule has 0 heterocycles. The summed E-state index contributed by atoms with van der Waals surface area (Å²) in [6.07, 6.45) is 18.2. The monoisotopic (exact) mass is 578 g/mol. The highest BCUT2D eigenvalue weighted by Gasteiger charge is 2.58. The molecule has 7 atom stereocenters. The molecule has 0 bridgehead atoms. The summed E-state index contributed by atoms with van der Waals surface area (Å²) in [5.41, 5.74) is 7.81. The number of carbonyl (C=O) groups is 2. The van der Waals surface area contributed by atoms with Gasteiger partial charge in [0.2, 0.25) is 5.91 Å². The SMILES string of the molecule is CC(C)CCCCC1CCC2C3CC=C4CC(OC(=O)CSSCC(=O)NCCN)CCC4(C)C3CCC12C. The molecule has 0 radical (unpaired) electrons. The summed E-state index contributed by atoms with van der Waals surface area (Å²) in [7, 11) is 2.80. The fraction of sp³-hybridized carbons (Fsp3) is 0.875. The van der Waals surface area contributed by atoms with Crippen molar-refractivity contribution in [2.24, 2.45) is 46.2 Å². The number of ether oxygens (including phenoxy) is 1. The highest BCUT2D eigenvalue weighted by Crippen LogP contribution is 2.66. The summed E-state index contributed by atoms with van der Waals surface area (Å²) < 4.78 is 5.92. The Hall–Kier alpha value is -0.660. The normalized spacial score (nSPS) is 35.5. The molecule has 7 heteroatoms. The third-order valence-corrected chi connectivity index (χ3v) is 13.2. The van der Waals surface area contributed by atoms with Gasteiger partial charge in [-0.1, -0.05) is 80.2 Å². The van der Waals surface area contributed by atoms with E-state index in [1.54, 1.807) is 5.57 Å². The fourth-order valence-electron chi connectivity index (χ4n) is 8.92. The lowest BCUT2D eigenvalue weighted by atomic mass is 9.47. The number of fused-ring (bicyclic) bond motifs is 5. The average molecular weight is 579 g/mol. The van der Waals surface area contributed by atoms with Crippen LogP contribution in [0.3, 0.4) is 0 Å². The summed E-state index contributed by atoms with van der Waals surface area (Å²) in [5, 5.41) is 2.75. The first-order valence-corrected chi connectivity index (χ1v) is 18.3. The quantitative estimate of drug-likeness (QED) is 0.105. The van der Waals surface area contributed by atoms with Gasteiger partial charge in [-0.3, -0.25) is 9.59 Å². The Morgan fingerprint density at radius 3 is 2.64 bits per heavy atom. The summed E-state index contributed by atoms with van der Waals surface area (Å²) in [6.45, 7) is 10.8. The zero-order valence-corrected chi connectivity index (χ0v) is 26.6. The number of amides is 1. The first kappa shape index (κ1) is 31.3. The van der Waals surface area contributed by atoms with Crippen molar-refractivity contribution in [1.29, 1.82) is 0 Å². The van der Waals surface area contributed by atoms with Gasteiger partial charge >= 0.3 is 5.97 Å². The minimum absolute atomic E-state index is 0.00221. The van der Waals surface area contributed by atoms with Crippen LogP contribution >= 0.6 is 21.6 Å². The first-order valence-electron chi connectivity index (χ1n) is 15.8. The number of unbranched alkanes of at least 4 members (excludes halogenated alkanes) is 1. The van der Waals surface area contributed by atoms with Gasteiger partial charge in [0.05, 0.1) is 5.75 Å². The molecule has 0 aromatic carbocycles. The number of hydrogen-bond acceptors (Lipinski definition) is 6. The van der Waals surface area contributed by atoms with Crippen LogP contribution in [0.2, 0.25) is 0 Å². The molecule has 5 nitrogen and oxygen atoms in total. The van der Waals surface area contributed by atoms with Crippen molar-refractivity contribution in [3.63, 3.8) is 0 Å². The first-order chi connectivity index (χ1) is 18.7. The Bertz CT molecular complexity index is 879. The largest absolute Gasteiger partial charge is 0.461 e. The number of allylic oxidation sites excluding steroid dienone is 1. The van der Waals surface area contributed by atoms with E-state index in [0.29, 0.717) is 24.3 Å². The highest BCUT2D eigenvalue weighted by atomic mass is 33.1. The van der Waals surface area contributed by atoms with E-state index in [9.17, 15) is 9.59 Å². The lowest BCUT2D eigenvalue weighted by Gasteiger charge is -2.58. The Labute approximate surface area is 245 Å². The maximum absolute atomic E-state index is 12.5. The van der Waals surface area contributed by atoms with Gasteiger partial charge in [0.25, 0.3) is 0 Å². The molecule has 222 valence electrons. The third kappa shape index (κ3) is 7.41. The minimum atomic E-state index is -0.156. The lowest BCUT2D eigenvalue weighted by Crippen LogP contribution is -2.50. The van der Waals surface area contributed by atoms with Crippen molar-refractivity contribution >= 4 is 33.5 Å². The molecule has 3 N–H and O–H groups in total. The molecule has 4 rings (SSSR count). The summed E-state index contributed by atoms with van der Waals surface area (Å²) in [4.78, 5) is 24.2. The van der Waals surface area contributed by atoms with Gasteiger partial charge in [-0.05, 0) is 91.8 Å². The Kier molecular flexibility index (Phi) is 11.2. The number of hydrogen-bond donors (Lipinski definition) is 2. The van der Waals surface area contributed by atoms with Gasteiger partial charge in [-0.2, -0.15) is 0 Å². The van der Waals surface area contributed by atoms with Gasteiger partial charge in [0.1, 0.15) is 11.9 Å². The van der Waals surface area contributed by atoms with Gasteiger partial charge < -0.3 is 15.8 Å². The van der Waals surface area contributed by atoms with Crippen LogP contribution in [0.25, 0.3) is 0 Å². The van der Waals surface area contributed by atoms with E-state index in [1.807, 2.05) is 0 Å². The van der Waals surface area contributed by atoms with E-state index >= 15 is 0 Å². The predicted molar refractivity (Wildman–Crippen MR) is 165 cm³/mol. The minimum Gasteiger partial charge on any atom is -0.461 e. The second-order valence-electron chi connectivity index (χ2n) is 13.8. The van der Waals surface area contributed by atoms with E-state index in [0.717, 1.165) is 48.9 Å². The number of nitrogens with one attached hydrogen (secondary N) is 1. The topological polar surface area (TPSA) is 81.4 Å². The van der Waals surface area contributed by atoms with E-state index in [4.69, 9.17) is 10.5 Å². The molecule has 4 aliphatic carbocycles. The van der Waals surface area contributed by atoms with Crippen LogP contribution in [0.4, 0.5) is 0 Å². The molecule has 0 saturated heterocycles. The molecule has 4 aliphatic rings. The van der Waals surface area contributed by atoms with Crippen molar-refractivity contribution in [3.8, 4) is 0 Å². The second-order valence-corrected chi connectivity index (χ2v) is 16.2. The summed E-state index contributed by atoms with van der Waals surface area (Å²) >= 11 is 0. The molecule has 0 spiro atoms. The summed E-state index contributed by atoms with van der Waals surface area (Å²) in [6, 6.07) is 0. The second kappa shape index (κ2) is 14.0. The molecular weight excluding hydrogens is 524 g/mol. The van der Waals surface area contributed by atoms with Gasteiger partial charge in [0.15, 0.2) is 0 Å². The van der Waals surface area contributed by atoms with Crippen LogP contribution in [-0.2, 0) is 14.3 Å². The predicted octanol–water partition coefficient (Wildman–Crippen LogP) is 7.15. The van der Waals surface area contributed by atoms with E-state index in [-0.39, 0.29) is 29.1 Å². The fourth-order valence-corrected chi connectivity index (χ4v) is 10.6. The van der Waals surface area contributed by atoms with E-state index in [1.165, 1.54) is 79.4 Å². The number of esters is 1. The van der Waals surface area contributed by atoms with Crippen molar-refractivity contribution in [2.45, 2.75) is 111 Å². The van der Waals surface area contributed by atoms with Crippen molar-refractivity contribution < 1.29 is 14.3 Å². The van der Waals surface area contributed by atoms with E-state index < -0.39 is 0 Å². The number of rotatable bonds is 13. The molecule has 3 fully saturated rings. The molecular formula is C32H54N2O3S2. The summed E-state index contributed by atoms with van der Waals surface area (Å²) in [5.74, 6) is 4.70. The lowest BCUT2D eigenvalue weighted by molar-refractivity contribution is -0.148. The molecule has 0 aromatic heterocycles. The van der Waals surface area contributed by atoms with Crippen LogP contribution < -0.4 is 11.1 Å². The number of carbonyl (C=O) groups excluding carboxylic acids is 2. The van der Waals surface area contributed by atoms with Crippen LogP contribution in [0.15, 0.2) is 11.6 Å². The standard InChI is InChI=1S/C32H54N2O3S2/c1-22(2)7-5-6-8-23-10-12-27-26-11-9-24-19-25(13-15-32(24,4)28(26)14-16-31(23,27)3)37-30(36)21-39-38-20-29(35)34-18-17-33/h9,22-23,25-28H,5-8,10-21,33H2,1-4H3,(H,34,35). The average Bonchev–Trinajstić information content (AvgIpc) is 3.24. The Balaban J connectivity index is 1.26. The zero-order valence-electron chi connectivity index (χ0n) is 25.0. The molecule has 7 unspecified atom stereocenters. The van der Waals surface area contributed by atoms with Crippen molar-refractivity contribution in [2.75, 3.05) is 24.6 Å². The van der Waals surface area contributed by atoms with Crippen LogP contribution in [0, 0.1) is 40.4 Å². The highest BCUT2D eigenvalue weighted by molar-refractivity contribution is 8.77. The Morgan fingerprint density at radius 1 is 1.08 bits per heavy atom. The van der Waals surface area contributed by atoms with Crippen molar-refractivity contribution in [1.82, 2.24) is 5.32 Å². The maximum atomic E-state index is 12.5.